The lowest BCUT2D eigenvalue weighted by Gasteiger charge is -2.22. The Morgan fingerprint density at radius 2 is 1.96 bits per heavy atom. The van der Waals surface area contributed by atoms with Crippen LogP contribution in [0.3, 0.4) is 0 Å². The summed E-state index contributed by atoms with van der Waals surface area (Å²) in [6.45, 7) is 1.66. The minimum absolute atomic E-state index is 0.138. The van der Waals surface area contributed by atoms with E-state index in [1.165, 1.54) is 11.3 Å². The van der Waals surface area contributed by atoms with Crippen LogP contribution < -0.4 is 11.1 Å². The van der Waals surface area contributed by atoms with Crippen LogP contribution in [0.5, 0.6) is 0 Å². The first-order valence-corrected chi connectivity index (χ1v) is 9.74. The molecule has 1 aliphatic heterocycles. The third-order valence-corrected chi connectivity index (χ3v) is 6.11. The van der Waals surface area contributed by atoms with Crippen LogP contribution >= 0.6 is 11.3 Å². The quantitative estimate of drug-likeness (QED) is 0.731. The number of fused-ring (bicyclic) bond motifs is 2. The fourth-order valence-electron chi connectivity index (χ4n) is 3.67. The molecule has 1 aromatic heterocycles. The third kappa shape index (κ3) is 3.46. The van der Waals surface area contributed by atoms with Gasteiger partial charge < -0.3 is 16.0 Å². The van der Waals surface area contributed by atoms with E-state index >= 15 is 0 Å². The Balaban J connectivity index is 1.60. The Bertz CT molecular complexity index is 1040. The first-order valence-electron chi connectivity index (χ1n) is 8.92. The average Bonchev–Trinajstić information content (AvgIpc) is 2.98. The maximum atomic E-state index is 12.7. The van der Waals surface area contributed by atoms with Crippen LogP contribution in [0.2, 0.25) is 0 Å². The minimum atomic E-state index is -0.475. The lowest BCUT2D eigenvalue weighted by atomic mass is 10.0. The Kier molecular flexibility index (Phi) is 4.68. The summed E-state index contributed by atoms with van der Waals surface area (Å²) in [5, 5.41) is 5.69. The number of carbonyl (C=O) groups excluding carboxylic acids is 2. The first-order chi connectivity index (χ1) is 13.0. The molecule has 138 valence electrons. The van der Waals surface area contributed by atoms with Crippen LogP contribution in [0.1, 0.15) is 26.4 Å². The van der Waals surface area contributed by atoms with E-state index in [4.69, 9.17) is 5.73 Å². The molecule has 5 nitrogen and oxygen atoms in total. The number of benzene rings is 2. The topological polar surface area (TPSA) is 75.4 Å². The predicted molar refractivity (Wildman–Crippen MR) is 109 cm³/mol. The summed E-state index contributed by atoms with van der Waals surface area (Å²) in [5.74, 6) is -0.613. The second kappa shape index (κ2) is 7.13. The van der Waals surface area contributed by atoms with Crippen LogP contribution in [0.4, 0.5) is 5.00 Å². The first kappa shape index (κ1) is 17.7. The molecule has 2 aromatic carbocycles. The fraction of sp³-hybridized carbons (Fsp3) is 0.238. The van der Waals surface area contributed by atoms with Gasteiger partial charge >= 0.3 is 0 Å². The summed E-state index contributed by atoms with van der Waals surface area (Å²) in [6.07, 6.45) is 1.03. The summed E-state index contributed by atoms with van der Waals surface area (Å²) in [6, 6.07) is 14.0. The van der Waals surface area contributed by atoms with Gasteiger partial charge in [-0.25, -0.2) is 0 Å². The van der Waals surface area contributed by atoms with Crippen molar-refractivity contribution in [2.24, 2.45) is 5.73 Å². The molecule has 0 fully saturated rings. The van der Waals surface area contributed by atoms with Crippen molar-refractivity contribution in [1.29, 1.82) is 0 Å². The molecule has 0 atom stereocenters. The molecule has 3 N–H and O–H groups in total. The maximum Gasteiger partial charge on any atom is 0.251 e. The highest BCUT2D eigenvalue weighted by Crippen LogP contribution is 2.36. The fourth-order valence-corrected chi connectivity index (χ4v) is 5.02. The van der Waals surface area contributed by atoms with E-state index in [9.17, 15) is 9.59 Å². The van der Waals surface area contributed by atoms with Crippen molar-refractivity contribution in [2.75, 3.05) is 18.9 Å². The van der Waals surface area contributed by atoms with E-state index < -0.39 is 5.91 Å². The van der Waals surface area contributed by atoms with Gasteiger partial charge in [0.1, 0.15) is 5.00 Å². The molecule has 3 aromatic rings. The van der Waals surface area contributed by atoms with Crippen LogP contribution in [0.15, 0.2) is 42.5 Å². The number of hydrogen-bond donors (Lipinski definition) is 2. The highest BCUT2D eigenvalue weighted by atomic mass is 32.1. The van der Waals surface area contributed by atoms with E-state index in [0.717, 1.165) is 46.3 Å². The zero-order chi connectivity index (χ0) is 19.0. The minimum Gasteiger partial charge on any atom is -0.365 e. The number of nitrogens with zero attached hydrogens (tertiary/aromatic N) is 1. The van der Waals surface area contributed by atoms with Crippen LogP contribution in [0.25, 0.3) is 10.8 Å². The molecular formula is C21H21N3O2S. The number of primary amides is 1. The second-order valence-corrected chi connectivity index (χ2v) is 8.03. The lowest BCUT2D eigenvalue weighted by Crippen LogP contribution is -2.27. The Hall–Kier alpha value is -2.70. The normalized spacial score (nSPS) is 14.1. The molecule has 2 amide bonds. The Morgan fingerprint density at radius 3 is 2.78 bits per heavy atom. The van der Waals surface area contributed by atoms with Gasteiger partial charge in [-0.3, -0.25) is 9.59 Å². The number of anilines is 1. The Morgan fingerprint density at radius 1 is 1.19 bits per heavy atom. The lowest BCUT2D eigenvalue weighted by molar-refractivity contribution is -0.115. The maximum absolute atomic E-state index is 12.7. The molecule has 0 saturated heterocycles. The van der Waals surface area contributed by atoms with Crippen molar-refractivity contribution >= 4 is 38.9 Å². The van der Waals surface area contributed by atoms with E-state index in [1.807, 2.05) is 49.5 Å². The monoisotopic (exact) mass is 379 g/mol. The summed E-state index contributed by atoms with van der Waals surface area (Å²) in [4.78, 5) is 28.0. The van der Waals surface area contributed by atoms with Crippen molar-refractivity contribution in [1.82, 2.24) is 4.90 Å². The molecule has 0 spiro atoms. The third-order valence-electron chi connectivity index (χ3n) is 4.98. The number of carbonyl (C=O) groups is 2. The van der Waals surface area contributed by atoms with E-state index in [1.54, 1.807) is 0 Å². The summed E-state index contributed by atoms with van der Waals surface area (Å²) in [7, 11) is 2.05. The SMILES string of the molecule is CN1CCc2c(sc(NC(=O)Cc3cccc4ccccc34)c2C(N)=O)C1. The van der Waals surface area contributed by atoms with Gasteiger partial charge in [-0.2, -0.15) is 0 Å². The van der Waals surface area contributed by atoms with Crippen molar-refractivity contribution in [2.45, 2.75) is 19.4 Å². The largest absolute Gasteiger partial charge is 0.365 e. The molecule has 0 bridgehead atoms. The summed E-state index contributed by atoms with van der Waals surface area (Å²) >= 11 is 1.46. The predicted octanol–water partition coefficient (Wildman–Crippen LogP) is 3.17. The van der Waals surface area contributed by atoms with Crippen LogP contribution in [-0.2, 0) is 24.2 Å². The number of nitrogens with two attached hydrogens (primary N) is 1. The van der Waals surface area contributed by atoms with E-state index in [2.05, 4.69) is 10.2 Å². The molecule has 0 unspecified atom stereocenters. The number of nitrogens with one attached hydrogen (secondary N) is 1. The summed E-state index contributed by atoms with van der Waals surface area (Å²) in [5.41, 5.74) is 8.06. The van der Waals surface area contributed by atoms with Gasteiger partial charge in [0.05, 0.1) is 12.0 Å². The van der Waals surface area contributed by atoms with E-state index in [0.29, 0.717) is 10.6 Å². The second-order valence-electron chi connectivity index (χ2n) is 6.92. The van der Waals surface area contributed by atoms with Crippen LogP contribution in [-0.4, -0.2) is 30.3 Å². The number of rotatable bonds is 4. The van der Waals surface area contributed by atoms with E-state index in [-0.39, 0.29) is 12.3 Å². The molecular weight excluding hydrogens is 358 g/mol. The molecule has 0 radical (unpaired) electrons. The standard InChI is InChI=1S/C21H21N3O2S/c1-24-10-9-16-17(12-24)27-21(19(16)20(22)26)23-18(25)11-14-7-4-6-13-5-2-3-8-15(13)14/h2-8H,9-12H2,1H3,(H2,22,26)(H,23,25). The van der Waals surface area contributed by atoms with Gasteiger partial charge in [0, 0.05) is 18.0 Å². The van der Waals surface area contributed by atoms with Crippen LogP contribution in [0, 0.1) is 0 Å². The summed E-state index contributed by atoms with van der Waals surface area (Å²) < 4.78 is 0. The molecule has 6 heteroatoms. The molecule has 0 saturated carbocycles. The zero-order valence-electron chi connectivity index (χ0n) is 15.1. The highest BCUT2D eigenvalue weighted by molar-refractivity contribution is 7.17. The number of hydrogen-bond acceptors (Lipinski definition) is 4. The van der Waals surface area contributed by atoms with Gasteiger partial charge in [-0.15, -0.1) is 11.3 Å². The molecule has 0 aliphatic carbocycles. The van der Waals surface area contributed by atoms with Crippen molar-refractivity contribution in [3.05, 3.63) is 64.0 Å². The molecule has 27 heavy (non-hydrogen) atoms. The van der Waals surface area contributed by atoms with Gasteiger partial charge in [0.25, 0.3) is 5.91 Å². The van der Waals surface area contributed by atoms with Gasteiger partial charge in [-0.05, 0) is 35.4 Å². The molecule has 4 rings (SSSR count). The van der Waals surface area contributed by atoms with Gasteiger partial charge in [0.2, 0.25) is 5.91 Å². The number of thiophene rings is 1. The zero-order valence-corrected chi connectivity index (χ0v) is 15.9. The molecule has 2 heterocycles. The van der Waals surface area contributed by atoms with Crippen molar-refractivity contribution in [3.8, 4) is 0 Å². The molecule has 1 aliphatic rings. The smallest absolute Gasteiger partial charge is 0.251 e. The Labute approximate surface area is 161 Å². The number of amides is 2. The average molecular weight is 379 g/mol. The van der Waals surface area contributed by atoms with Crippen molar-refractivity contribution < 1.29 is 9.59 Å². The highest BCUT2D eigenvalue weighted by Gasteiger charge is 2.26. The van der Waals surface area contributed by atoms with Gasteiger partial charge in [0.15, 0.2) is 0 Å². The number of likely N-dealkylation sites (N-methyl/N-ethyl adjacent to an activating group) is 1. The van der Waals surface area contributed by atoms with Gasteiger partial charge in [-0.1, -0.05) is 42.5 Å². The van der Waals surface area contributed by atoms with Crippen molar-refractivity contribution in [3.63, 3.8) is 0 Å².